The molecule has 1 saturated heterocycles. The van der Waals surface area contributed by atoms with Crippen LogP contribution in [0, 0.1) is 11.3 Å². The van der Waals surface area contributed by atoms with Gasteiger partial charge in [-0.25, -0.2) is 4.79 Å². The van der Waals surface area contributed by atoms with Crippen LogP contribution in [0.15, 0.2) is 0 Å². The highest BCUT2D eigenvalue weighted by Crippen LogP contribution is 2.22. The third kappa shape index (κ3) is 4.94. The molecule has 0 spiro atoms. The lowest BCUT2D eigenvalue weighted by molar-refractivity contribution is 0.126. The second-order valence-corrected chi connectivity index (χ2v) is 7.01. The zero-order valence-electron chi connectivity index (χ0n) is 13.6. The summed E-state index contributed by atoms with van der Waals surface area (Å²) in [5, 5.41) is 12.3. The van der Waals surface area contributed by atoms with Gasteiger partial charge in [0.2, 0.25) is 0 Å². The van der Waals surface area contributed by atoms with E-state index in [9.17, 15) is 4.79 Å². The van der Waals surface area contributed by atoms with Crippen LogP contribution in [-0.4, -0.2) is 67.3 Å². The molecule has 1 fully saturated rings. The summed E-state index contributed by atoms with van der Waals surface area (Å²) in [6.07, 6.45) is 1.80. The smallest absolute Gasteiger partial charge is 0.317 e. The minimum Gasteiger partial charge on any atom is -0.396 e. The average molecular weight is 285 g/mol. The first-order valence-corrected chi connectivity index (χ1v) is 7.57. The van der Waals surface area contributed by atoms with Crippen LogP contribution in [0.25, 0.3) is 0 Å². The van der Waals surface area contributed by atoms with E-state index in [1.165, 1.54) is 0 Å². The molecule has 118 valence electrons. The maximum absolute atomic E-state index is 12.3. The average Bonchev–Trinajstić information content (AvgIpc) is 2.37. The third-order valence-corrected chi connectivity index (χ3v) is 4.40. The molecule has 0 aliphatic carbocycles. The molecule has 2 N–H and O–H groups in total. The molecule has 1 aliphatic rings. The Morgan fingerprint density at radius 1 is 1.40 bits per heavy atom. The summed E-state index contributed by atoms with van der Waals surface area (Å²) >= 11 is 0. The highest BCUT2D eigenvalue weighted by Gasteiger charge is 2.30. The van der Waals surface area contributed by atoms with Gasteiger partial charge in [-0.15, -0.1) is 0 Å². The molecule has 5 heteroatoms. The molecule has 0 saturated carbocycles. The maximum Gasteiger partial charge on any atom is 0.317 e. The van der Waals surface area contributed by atoms with Crippen LogP contribution in [-0.2, 0) is 0 Å². The van der Waals surface area contributed by atoms with Crippen LogP contribution in [0.1, 0.15) is 33.6 Å². The van der Waals surface area contributed by atoms with Crippen molar-refractivity contribution in [1.82, 2.24) is 15.1 Å². The number of urea groups is 1. The number of carbonyl (C=O) groups excluding carboxylic acids is 1. The summed E-state index contributed by atoms with van der Waals surface area (Å²) in [6, 6.07) is 0.147. The molecule has 0 aromatic carbocycles. The molecule has 1 rings (SSSR count). The molecule has 1 aliphatic heterocycles. The molecule has 2 amide bonds. The number of carbonyl (C=O) groups is 1. The third-order valence-electron chi connectivity index (χ3n) is 4.40. The summed E-state index contributed by atoms with van der Waals surface area (Å²) in [5.74, 6) is 0.363. The molecule has 0 bridgehead atoms. The molecule has 20 heavy (non-hydrogen) atoms. The minimum absolute atomic E-state index is 0.0284. The Bertz CT molecular complexity index is 310. The van der Waals surface area contributed by atoms with Gasteiger partial charge in [-0.2, -0.15) is 0 Å². The van der Waals surface area contributed by atoms with E-state index in [0.29, 0.717) is 5.92 Å². The number of hydrogen-bond donors (Lipinski definition) is 2. The SMILES string of the molecule is CC(NC(=O)N1CCC(CO)CC1)C(C)(C)CN(C)C. The lowest BCUT2D eigenvalue weighted by atomic mass is 9.85. The molecule has 1 atom stereocenters. The van der Waals surface area contributed by atoms with E-state index in [0.717, 1.165) is 32.5 Å². The fourth-order valence-electron chi connectivity index (χ4n) is 2.74. The lowest BCUT2D eigenvalue weighted by Gasteiger charge is -2.37. The van der Waals surface area contributed by atoms with Crippen molar-refractivity contribution < 1.29 is 9.90 Å². The van der Waals surface area contributed by atoms with Gasteiger partial charge in [-0.05, 0) is 45.2 Å². The molecule has 5 nitrogen and oxygen atoms in total. The summed E-state index contributed by atoms with van der Waals surface area (Å²) < 4.78 is 0. The first-order chi connectivity index (χ1) is 9.26. The van der Waals surface area contributed by atoms with E-state index < -0.39 is 0 Å². The van der Waals surface area contributed by atoms with Gasteiger partial charge in [0.05, 0.1) is 0 Å². The first kappa shape index (κ1) is 17.2. The predicted octanol–water partition coefficient (Wildman–Crippen LogP) is 1.38. The van der Waals surface area contributed by atoms with Crippen LogP contribution in [0.2, 0.25) is 0 Å². The Hall–Kier alpha value is -0.810. The number of aliphatic hydroxyl groups is 1. The second-order valence-electron chi connectivity index (χ2n) is 7.01. The number of nitrogens with zero attached hydrogens (tertiary/aromatic N) is 2. The fourth-order valence-corrected chi connectivity index (χ4v) is 2.74. The van der Waals surface area contributed by atoms with Gasteiger partial charge in [0.1, 0.15) is 0 Å². The van der Waals surface area contributed by atoms with Gasteiger partial charge in [0, 0.05) is 32.3 Å². The summed E-state index contributed by atoms with van der Waals surface area (Å²) in [6.45, 7) is 9.09. The molecule has 0 aromatic heterocycles. The van der Waals surface area contributed by atoms with Crippen LogP contribution in [0.4, 0.5) is 4.79 Å². The van der Waals surface area contributed by atoms with E-state index in [4.69, 9.17) is 5.11 Å². The Labute approximate surface area is 123 Å². The molecule has 0 aromatic rings. The highest BCUT2D eigenvalue weighted by molar-refractivity contribution is 5.74. The zero-order chi connectivity index (χ0) is 15.3. The topological polar surface area (TPSA) is 55.8 Å². The quantitative estimate of drug-likeness (QED) is 0.802. The zero-order valence-corrected chi connectivity index (χ0v) is 13.6. The van der Waals surface area contributed by atoms with Crippen molar-refractivity contribution in [2.24, 2.45) is 11.3 Å². The van der Waals surface area contributed by atoms with E-state index in [1.54, 1.807) is 0 Å². The summed E-state index contributed by atoms with van der Waals surface area (Å²) in [5.41, 5.74) is 0.0303. The molecular formula is C15H31N3O2. The maximum atomic E-state index is 12.3. The van der Waals surface area contributed by atoms with Crippen molar-refractivity contribution in [1.29, 1.82) is 0 Å². The van der Waals surface area contributed by atoms with Crippen molar-refractivity contribution >= 4 is 6.03 Å². The van der Waals surface area contributed by atoms with E-state index >= 15 is 0 Å². The molecule has 0 radical (unpaired) electrons. The number of piperidine rings is 1. The van der Waals surface area contributed by atoms with Crippen molar-refractivity contribution in [2.45, 2.75) is 39.7 Å². The van der Waals surface area contributed by atoms with Crippen molar-refractivity contribution in [3.05, 3.63) is 0 Å². The van der Waals surface area contributed by atoms with Crippen LogP contribution in [0.5, 0.6) is 0 Å². The molecular weight excluding hydrogens is 254 g/mol. The minimum atomic E-state index is 0.0284. The van der Waals surface area contributed by atoms with E-state index in [-0.39, 0.29) is 24.1 Å². The second kappa shape index (κ2) is 7.27. The molecule has 1 unspecified atom stereocenters. The van der Waals surface area contributed by atoms with E-state index in [1.807, 2.05) is 4.90 Å². The first-order valence-electron chi connectivity index (χ1n) is 7.57. The largest absolute Gasteiger partial charge is 0.396 e. The van der Waals surface area contributed by atoms with Gasteiger partial charge < -0.3 is 20.2 Å². The van der Waals surface area contributed by atoms with Crippen LogP contribution in [0.3, 0.4) is 0 Å². The van der Waals surface area contributed by atoms with Gasteiger partial charge >= 0.3 is 6.03 Å². The standard InChI is InChI=1S/C15H31N3O2/c1-12(15(2,3)11-17(4)5)16-14(20)18-8-6-13(10-19)7-9-18/h12-13,19H,6-11H2,1-5H3,(H,16,20). The monoisotopic (exact) mass is 285 g/mol. The van der Waals surface area contributed by atoms with Crippen LogP contribution >= 0.6 is 0 Å². The Morgan fingerprint density at radius 3 is 2.40 bits per heavy atom. The van der Waals surface area contributed by atoms with E-state index in [2.05, 4.69) is 45.1 Å². The lowest BCUT2D eigenvalue weighted by Crippen LogP contribution is -2.53. The van der Waals surface area contributed by atoms with Crippen LogP contribution < -0.4 is 5.32 Å². The number of likely N-dealkylation sites (tertiary alicyclic amines) is 1. The Morgan fingerprint density at radius 2 is 1.95 bits per heavy atom. The van der Waals surface area contributed by atoms with Gasteiger partial charge in [0.25, 0.3) is 0 Å². The van der Waals surface area contributed by atoms with Gasteiger partial charge in [0.15, 0.2) is 0 Å². The fraction of sp³-hybridized carbons (Fsp3) is 0.933. The number of nitrogens with one attached hydrogen (secondary N) is 1. The Kier molecular flexibility index (Phi) is 6.27. The van der Waals surface area contributed by atoms with Crippen molar-refractivity contribution in [3.8, 4) is 0 Å². The van der Waals surface area contributed by atoms with Gasteiger partial charge in [-0.3, -0.25) is 0 Å². The number of hydrogen-bond acceptors (Lipinski definition) is 3. The highest BCUT2D eigenvalue weighted by atomic mass is 16.3. The van der Waals surface area contributed by atoms with Gasteiger partial charge in [-0.1, -0.05) is 13.8 Å². The number of aliphatic hydroxyl groups excluding tert-OH is 1. The number of amides is 2. The van der Waals surface area contributed by atoms with Crippen molar-refractivity contribution in [2.75, 3.05) is 40.3 Å². The summed E-state index contributed by atoms with van der Waals surface area (Å²) in [4.78, 5) is 16.3. The van der Waals surface area contributed by atoms with Crippen molar-refractivity contribution in [3.63, 3.8) is 0 Å². The number of rotatable bonds is 5. The molecule has 1 heterocycles. The summed E-state index contributed by atoms with van der Waals surface area (Å²) in [7, 11) is 4.10. The predicted molar refractivity (Wildman–Crippen MR) is 81.7 cm³/mol. The Balaban J connectivity index is 2.45. The normalized spacial score (nSPS) is 19.2.